The summed E-state index contributed by atoms with van der Waals surface area (Å²) in [6, 6.07) is 0. The zero-order valence-corrected chi connectivity index (χ0v) is 40.1. The molecule has 1 aromatic rings. The second-order valence-corrected chi connectivity index (χ2v) is 25.9. The van der Waals surface area contributed by atoms with Crippen LogP contribution in [0.2, 0.25) is 0 Å². The van der Waals surface area contributed by atoms with E-state index in [2.05, 4.69) is 46.8 Å². The molecule has 12 aliphatic rings. The Labute approximate surface area is 384 Å². The third-order valence-corrected chi connectivity index (χ3v) is 22.9. The molecule has 5 heterocycles. The van der Waals surface area contributed by atoms with Crippen LogP contribution in [0.4, 0.5) is 0 Å². The maximum atomic E-state index is 14.9. The number of aliphatic hydroxyl groups excluding tert-OH is 3. The lowest BCUT2D eigenvalue weighted by Gasteiger charge is -2.61. The first kappa shape index (κ1) is 43.0. The van der Waals surface area contributed by atoms with Crippen LogP contribution in [0, 0.1) is 74.9 Å². The number of ether oxygens (including phenoxy) is 4. The molecule has 4 aliphatic heterocycles. The van der Waals surface area contributed by atoms with Crippen LogP contribution < -0.4 is 0 Å². The molecule has 11 nitrogen and oxygen atoms in total. The van der Waals surface area contributed by atoms with E-state index in [0.717, 1.165) is 99.0 Å². The van der Waals surface area contributed by atoms with Gasteiger partial charge in [-0.2, -0.15) is 0 Å². The van der Waals surface area contributed by atoms with Gasteiger partial charge in [-0.05, 0) is 144 Å². The Kier molecular flexibility index (Phi) is 8.60. The zero-order chi connectivity index (χ0) is 45.4. The smallest absolute Gasteiger partial charge is 0.201 e. The van der Waals surface area contributed by atoms with Crippen LogP contribution in [0.25, 0.3) is 0 Å². The van der Waals surface area contributed by atoms with Gasteiger partial charge < -0.3 is 39.4 Å². The molecule has 4 saturated heterocycles. The lowest BCUT2D eigenvalue weighted by molar-refractivity contribution is -0.314. The summed E-state index contributed by atoms with van der Waals surface area (Å²) in [5.41, 5.74) is 2.83. The molecule has 0 unspecified atom stereocenters. The number of carbonyl (C=O) groups excluding carboxylic acids is 1. The average molecular weight is 895 g/mol. The van der Waals surface area contributed by atoms with Crippen LogP contribution >= 0.6 is 0 Å². The van der Waals surface area contributed by atoms with Crippen molar-refractivity contribution in [2.24, 2.45) is 74.9 Å². The minimum Gasteiger partial charge on any atom is -0.393 e. The summed E-state index contributed by atoms with van der Waals surface area (Å²) in [5.74, 6) is 0.0503. The fourth-order valence-electron chi connectivity index (χ4n) is 19.1. The number of aromatic nitrogens is 2. The molecule has 0 aromatic carbocycles. The van der Waals surface area contributed by atoms with Crippen molar-refractivity contribution < 1.29 is 44.2 Å². The topological polar surface area (TPSA) is 161 Å². The Morgan fingerprint density at radius 3 is 2.03 bits per heavy atom. The van der Waals surface area contributed by atoms with Crippen molar-refractivity contribution >= 4 is 5.78 Å². The number of aliphatic hydroxyl groups is 4. The highest BCUT2D eigenvalue weighted by atomic mass is 16.7. The lowest BCUT2D eigenvalue weighted by atomic mass is 9.44. The van der Waals surface area contributed by atoms with Crippen molar-refractivity contribution in [1.29, 1.82) is 0 Å². The summed E-state index contributed by atoms with van der Waals surface area (Å²) < 4.78 is 26.6. The van der Waals surface area contributed by atoms with Gasteiger partial charge in [-0.1, -0.05) is 57.9 Å². The molecule has 4 N–H and O–H groups in total. The van der Waals surface area contributed by atoms with E-state index in [9.17, 15) is 25.2 Å². The van der Waals surface area contributed by atoms with E-state index in [1.807, 2.05) is 13.8 Å². The maximum Gasteiger partial charge on any atom is 0.201 e. The van der Waals surface area contributed by atoms with Crippen molar-refractivity contribution in [3.63, 3.8) is 0 Å². The maximum absolute atomic E-state index is 14.9. The monoisotopic (exact) mass is 895 g/mol. The first-order chi connectivity index (χ1) is 30.6. The molecule has 0 radical (unpaired) electrons. The van der Waals surface area contributed by atoms with E-state index >= 15 is 0 Å². The molecule has 20 atom stereocenters. The van der Waals surface area contributed by atoms with Gasteiger partial charge in [0.05, 0.1) is 58.7 Å². The Morgan fingerprint density at radius 1 is 0.769 bits per heavy atom. The minimum atomic E-state index is -1.49. The van der Waals surface area contributed by atoms with E-state index in [1.165, 1.54) is 5.57 Å². The molecule has 3 spiro atoms. The van der Waals surface area contributed by atoms with Crippen molar-refractivity contribution in [3.8, 4) is 0 Å². The quantitative estimate of drug-likeness (QED) is 0.227. The van der Waals surface area contributed by atoms with Crippen molar-refractivity contribution in [2.75, 3.05) is 13.2 Å². The molecule has 0 bridgehead atoms. The molecule has 8 aliphatic carbocycles. The first-order valence-electron chi connectivity index (χ1n) is 25.9. The van der Waals surface area contributed by atoms with E-state index in [0.29, 0.717) is 48.9 Å². The third kappa shape index (κ3) is 5.00. The van der Waals surface area contributed by atoms with Crippen LogP contribution in [-0.4, -0.2) is 96.1 Å². The van der Waals surface area contributed by atoms with Gasteiger partial charge in [0.2, 0.25) is 5.79 Å². The molecule has 8 fully saturated rings. The summed E-state index contributed by atoms with van der Waals surface area (Å²) in [6.45, 7) is 17.4. The third-order valence-electron chi connectivity index (χ3n) is 22.9. The number of Topliss-reactive ketones (excluding diaryl/α,β-unsaturated/α-hetero) is 1. The summed E-state index contributed by atoms with van der Waals surface area (Å²) in [5, 5.41) is 46.9. The molecule has 11 heteroatoms. The van der Waals surface area contributed by atoms with Crippen LogP contribution in [0.15, 0.2) is 23.3 Å². The highest BCUT2D eigenvalue weighted by Gasteiger charge is 2.79. The fourth-order valence-corrected chi connectivity index (χ4v) is 19.1. The molecule has 354 valence electrons. The van der Waals surface area contributed by atoms with Gasteiger partial charge in [0.15, 0.2) is 5.79 Å². The Morgan fingerprint density at radius 2 is 1.42 bits per heavy atom. The minimum absolute atomic E-state index is 0.0270. The van der Waals surface area contributed by atoms with E-state index < -0.39 is 57.8 Å². The van der Waals surface area contributed by atoms with Crippen LogP contribution in [0.5, 0.6) is 0 Å². The molecule has 1 aromatic heterocycles. The highest BCUT2D eigenvalue weighted by molar-refractivity contribution is 5.91. The van der Waals surface area contributed by atoms with E-state index in [4.69, 9.17) is 28.9 Å². The van der Waals surface area contributed by atoms with E-state index in [1.54, 1.807) is 6.92 Å². The van der Waals surface area contributed by atoms with Gasteiger partial charge in [-0.15, -0.1) is 0 Å². The zero-order valence-electron chi connectivity index (χ0n) is 40.1. The normalized spacial score (nSPS) is 56.3. The van der Waals surface area contributed by atoms with E-state index in [-0.39, 0.29) is 53.1 Å². The van der Waals surface area contributed by atoms with Crippen LogP contribution in [0.3, 0.4) is 0 Å². The largest absolute Gasteiger partial charge is 0.393 e. The number of ketones is 1. The standard InChI is InChI=1S/C54H74N2O9/c1-27-33-13-14-34-31-11-9-29-17-38-41(23-49(29,7)36(31)20-43(59)51(33,34)26-62-52(27)16-15-46(3,4)64-52)56-39-18-30-10-12-32-35(48(30,6)22-40(39)55-38)19-42(58)50(8)37(32)21-45-53(50,61)28(2)54(63-45)44(60)24-47(5,25-57)65-54/h14,21,27-33,35-36,42,44-45,57-58,60-61H,9-13,15-20,22-26H2,1-8H3/t27-,28-,29-,30-,31-,32+,33+,35-,36-,42+,44+,45-,47-,48-,49-,50+,51+,52+,53+,54-/m0/s1. The summed E-state index contributed by atoms with van der Waals surface area (Å²) in [6.07, 6.45) is 14.0. The SMILES string of the molecule is C[C@@H]1[C@]2(O[C@H]3C=C4[C@@H]5CC[C@H]6Cc7nc8c(nc7C[C@]6(C)[C@H]5C[C@@H](O)[C@]4(C)[C@]31O)C[C@@H]1CC[C@H]3C4=CC[C@@H]5[C@H](C)[C@]6(CCC(C)(C)O6)OC[C@]45C(=O)C[C@@H]3[C@@]1(C)C8)O[C@](C)(CO)C[C@H]2O. The highest BCUT2D eigenvalue weighted by Crippen LogP contribution is 2.72. The number of hydrogen-bond acceptors (Lipinski definition) is 11. The first-order valence-corrected chi connectivity index (χ1v) is 25.9. The second-order valence-electron chi connectivity index (χ2n) is 25.9. The predicted octanol–water partition coefficient (Wildman–Crippen LogP) is 6.53. The average Bonchev–Trinajstić information content (AvgIpc) is 4.00. The van der Waals surface area contributed by atoms with Crippen molar-refractivity contribution in [3.05, 3.63) is 46.1 Å². The van der Waals surface area contributed by atoms with Gasteiger partial charge in [-0.25, -0.2) is 0 Å². The molecule has 13 rings (SSSR count). The molecule has 4 saturated carbocycles. The predicted molar refractivity (Wildman–Crippen MR) is 239 cm³/mol. The molecular weight excluding hydrogens is 821 g/mol. The lowest BCUT2D eigenvalue weighted by Crippen LogP contribution is -2.65. The molecule has 0 amide bonds. The Bertz CT molecular complexity index is 2350. The van der Waals surface area contributed by atoms with Gasteiger partial charge in [0, 0.05) is 36.5 Å². The number of fused-ring (bicyclic) bond motifs is 13. The number of hydrogen-bond donors (Lipinski definition) is 4. The number of allylic oxidation sites excluding steroid dienone is 1. The van der Waals surface area contributed by atoms with Gasteiger partial charge in [-0.3, -0.25) is 14.8 Å². The van der Waals surface area contributed by atoms with Gasteiger partial charge in [0.25, 0.3) is 0 Å². The molecule has 65 heavy (non-hydrogen) atoms. The second kappa shape index (κ2) is 13.0. The Balaban J connectivity index is 0.763. The summed E-state index contributed by atoms with van der Waals surface area (Å²) >= 11 is 0. The van der Waals surface area contributed by atoms with Gasteiger partial charge in [0.1, 0.15) is 23.6 Å². The van der Waals surface area contributed by atoms with Crippen LogP contribution in [-0.2, 0) is 49.4 Å². The fraction of sp³-hybridized carbons (Fsp3) is 0.833. The summed E-state index contributed by atoms with van der Waals surface area (Å²) in [7, 11) is 0. The number of nitrogens with zero attached hydrogens (tertiary/aromatic N) is 2. The Hall–Kier alpha value is -2.09. The summed E-state index contributed by atoms with van der Waals surface area (Å²) in [4.78, 5) is 26.1. The van der Waals surface area contributed by atoms with Crippen LogP contribution in [0.1, 0.15) is 142 Å². The number of rotatable bonds is 1. The molecular formula is C54H74N2O9. The van der Waals surface area contributed by atoms with Crippen molar-refractivity contribution in [1.82, 2.24) is 9.97 Å². The number of carbonyl (C=O) groups is 1. The van der Waals surface area contributed by atoms with Crippen molar-refractivity contribution in [2.45, 2.75) is 192 Å². The van der Waals surface area contributed by atoms with Gasteiger partial charge >= 0.3 is 0 Å².